The maximum atomic E-state index is 11.4. The van der Waals surface area contributed by atoms with Crippen LogP contribution in [0, 0.1) is 0 Å². The average Bonchev–Trinajstić information content (AvgIpc) is 2.72. The predicted molar refractivity (Wildman–Crippen MR) is 45.2 cm³/mol. The number of imidazole rings is 1. The average molecular weight is 190 g/mol. The number of carbonyl (C=O) groups is 1. The van der Waals surface area contributed by atoms with E-state index >= 15 is 0 Å². The molecule has 0 radical (unpaired) electrons. The number of hydrogen-bond donors (Lipinski definition) is 0. The van der Waals surface area contributed by atoms with Crippen LogP contribution in [0.2, 0.25) is 0 Å². The molecule has 0 N–H and O–H groups in total. The largest absolute Gasteiger partial charge is 0.381 e. The van der Waals surface area contributed by atoms with Crippen molar-refractivity contribution >= 4 is 5.97 Å². The quantitative estimate of drug-likeness (QED) is 0.663. The normalized spacial score (nSPS) is 9.71. The lowest BCUT2D eigenvalue weighted by molar-refractivity contribution is 0.0453. The summed E-state index contributed by atoms with van der Waals surface area (Å²) in [5.74, 6) is -0.551. The highest BCUT2D eigenvalue weighted by Gasteiger charge is 2.08. The Bertz CT molecular complexity index is 412. The maximum absolute atomic E-state index is 11.4. The van der Waals surface area contributed by atoms with E-state index in [0.717, 1.165) is 0 Å². The van der Waals surface area contributed by atoms with Crippen LogP contribution in [-0.2, 0) is 0 Å². The van der Waals surface area contributed by atoms with Crippen LogP contribution in [0.5, 0.6) is 0 Å². The van der Waals surface area contributed by atoms with E-state index in [9.17, 15) is 4.79 Å². The van der Waals surface area contributed by atoms with Gasteiger partial charge in [0.25, 0.3) is 0 Å². The maximum Gasteiger partial charge on any atom is 0.381 e. The first-order valence-electron chi connectivity index (χ1n) is 3.83. The molecule has 14 heavy (non-hydrogen) atoms. The second-order valence-corrected chi connectivity index (χ2v) is 2.40. The molecule has 0 bridgehead atoms. The summed E-state index contributed by atoms with van der Waals surface area (Å²) in [4.78, 5) is 27.4. The summed E-state index contributed by atoms with van der Waals surface area (Å²) >= 11 is 0. The molecule has 0 spiro atoms. The molecular formula is C8H6N4O2. The van der Waals surface area contributed by atoms with Crippen molar-refractivity contribution in [2.75, 3.05) is 0 Å². The van der Waals surface area contributed by atoms with Crippen LogP contribution in [0.4, 0.5) is 0 Å². The van der Waals surface area contributed by atoms with Gasteiger partial charge in [0.15, 0.2) is 5.69 Å². The molecule has 0 aromatic carbocycles. The molecule has 0 atom stereocenters. The summed E-state index contributed by atoms with van der Waals surface area (Å²) in [7, 11) is 0. The molecular weight excluding hydrogens is 184 g/mol. The van der Waals surface area contributed by atoms with E-state index in [-0.39, 0.29) is 5.69 Å². The van der Waals surface area contributed by atoms with Gasteiger partial charge in [0.2, 0.25) is 0 Å². The summed E-state index contributed by atoms with van der Waals surface area (Å²) in [6, 6.07) is 1.47. The van der Waals surface area contributed by atoms with E-state index in [4.69, 9.17) is 4.84 Å². The van der Waals surface area contributed by atoms with Gasteiger partial charge in [-0.1, -0.05) is 0 Å². The van der Waals surface area contributed by atoms with Gasteiger partial charge in [-0.15, -0.1) is 0 Å². The molecule has 2 heterocycles. The van der Waals surface area contributed by atoms with Crippen molar-refractivity contribution < 1.29 is 9.63 Å². The third-order valence-electron chi connectivity index (χ3n) is 1.46. The van der Waals surface area contributed by atoms with Gasteiger partial charge in [-0.2, -0.15) is 4.73 Å². The first-order valence-corrected chi connectivity index (χ1v) is 3.83. The molecule has 0 amide bonds. The number of aromatic nitrogens is 4. The fraction of sp³-hybridized carbons (Fsp3) is 0. The Hall–Kier alpha value is -2.24. The highest BCUT2D eigenvalue weighted by atomic mass is 16.7. The van der Waals surface area contributed by atoms with Gasteiger partial charge < -0.3 is 4.84 Å². The Kier molecular flexibility index (Phi) is 2.18. The lowest BCUT2D eigenvalue weighted by Gasteiger charge is -2.01. The summed E-state index contributed by atoms with van der Waals surface area (Å²) in [5, 5.41) is 0. The molecule has 2 aromatic heterocycles. The van der Waals surface area contributed by atoms with E-state index < -0.39 is 5.97 Å². The van der Waals surface area contributed by atoms with E-state index in [0.29, 0.717) is 0 Å². The molecule has 6 heteroatoms. The molecule has 6 nitrogen and oxygen atoms in total. The summed E-state index contributed by atoms with van der Waals surface area (Å²) in [6.45, 7) is 0. The Morgan fingerprint density at radius 3 is 2.93 bits per heavy atom. The standard InChI is InChI=1S/C8H6N4O2/c13-8(7-1-2-9-5-11-7)14-12-4-3-10-6-12/h1-6H. The van der Waals surface area contributed by atoms with E-state index in [1.807, 2.05) is 0 Å². The van der Waals surface area contributed by atoms with Crippen molar-refractivity contribution in [3.05, 3.63) is 43.0 Å². The van der Waals surface area contributed by atoms with E-state index in [1.165, 1.54) is 42.0 Å². The zero-order valence-corrected chi connectivity index (χ0v) is 7.07. The molecule has 2 rings (SSSR count). The van der Waals surface area contributed by atoms with Crippen molar-refractivity contribution in [1.82, 2.24) is 19.7 Å². The van der Waals surface area contributed by atoms with Crippen molar-refractivity contribution in [3.63, 3.8) is 0 Å². The molecule has 0 aliphatic rings. The minimum absolute atomic E-state index is 0.203. The van der Waals surface area contributed by atoms with Crippen LogP contribution < -0.4 is 4.84 Å². The van der Waals surface area contributed by atoms with E-state index in [2.05, 4.69) is 15.0 Å². The first-order chi connectivity index (χ1) is 6.86. The predicted octanol–water partition coefficient (Wildman–Crippen LogP) is -0.0579. The SMILES string of the molecule is O=C(On1ccnc1)c1ccncn1. The first kappa shape index (κ1) is 8.36. The van der Waals surface area contributed by atoms with E-state index in [1.54, 1.807) is 0 Å². The molecule has 0 unspecified atom stereocenters. The molecule has 0 aliphatic heterocycles. The number of rotatable bonds is 2. The highest BCUT2D eigenvalue weighted by molar-refractivity contribution is 5.87. The van der Waals surface area contributed by atoms with Crippen LogP contribution in [0.1, 0.15) is 10.5 Å². The van der Waals surface area contributed by atoms with Crippen molar-refractivity contribution in [1.29, 1.82) is 0 Å². The summed E-state index contributed by atoms with van der Waals surface area (Å²) in [6.07, 6.45) is 7.15. The summed E-state index contributed by atoms with van der Waals surface area (Å²) < 4.78 is 1.20. The number of nitrogens with zero attached hydrogens (tertiary/aromatic N) is 4. The Morgan fingerprint density at radius 1 is 1.36 bits per heavy atom. The molecule has 0 saturated carbocycles. The fourth-order valence-corrected chi connectivity index (χ4v) is 0.855. The van der Waals surface area contributed by atoms with Crippen LogP contribution in [0.15, 0.2) is 37.3 Å². The Balaban J connectivity index is 2.11. The third kappa shape index (κ3) is 1.74. The monoisotopic (exact) mass is 190 g/mol. The molecule has 2 aromatic rings. The highest BCUT2D eigenvalue weighted by Crippen LogP contribution is 1.92. The third-order valence-corrected chi connectivity index (χ3v) is 1.46. The van der Waals surface area contributed by atoms with Gasteiger partial charge in [0.1, 0.15) is 12.7 Å². The Labute approximate surface area is 79.2 Å². The van der Waals surface area contributed by atoms with Crippen molar-refractivity contribution in [2.45, 2.75) is 0 Å². The minimum atomic E-state index is -0.551. The van der Waals surface area contributed by atoms with Crippen molar-refractivity contribution in [3.8, 4) is 0 Å². The Morgan fingerprint density at radius 2 is 2.29 bits per heavy atom. The van der Waals surface area contributed by atoms with Crippen LogP contribution in [0.25, 0.3) is 0 Å². The van der Waals surface area contributed by atoms with Gasteiger partial charge in [-0.05, 0) is 6.07 Å². The molecule has 0 fully saturated rings. The van der Waals surface area contributed by atoms with Gasteiger partial charge in [0, 0.05) is 12.4 Å². The van der Waals surface area contributed by atoms with Gasteiger partial charge >= 0.3 is 5.97 Å². The van der Waals surface area contributed by atoms with Crippen LogP contribution in [-0.4, -0.2) is 25.7 Å². The molecule has 70 valence electrons. The zero-order valence-electron chi connectivity index (χ0n) is 7.07. The smallest absolute Gasteiger partial charge is 0.328 e. The second-order valence-electron chi connectivity index (χ2n) is 2.40. The van der Waals surface area contributed by atoms with Crippen LogP contribution >= 0.6 is 0 Å². The number of hydrogen-bond acceptors (Lipinski definition) is 5. The fourth-order valence-electron chi connectivity index (χ4n) is 0.855. The minimum Gasteiger partial charge on any atom is -0.328 e. The summed E-state index contributed by atoms with van der Waals surface area (Å²) in [5.41, 5.74) is 0.203. The van der Waals surface area contributed by atoms with Gasteiger partial charge in [-0.25, -0.2) is 19.7 Å². The molecule has 0 aliphatic carbocycles. The molecule has 0 saturated heterocycles. The van der Waals surface area contributed by atoms with Gasteiger partial charge in [0.05, 0.1) is 6.20 Å². The number of carbonyl (C=O) groups excluding carboxylic acids is 1. The van der Waals surface area contributed by atoms with Crippen molar-refractivity contribution in [2.24, 2.45) is 0 Å². The zero-order chi connectivity index (χ0) is 9.80. The van der Waals surface area contributed by atoms with Crippen LogP contribution in [0.3, 0.4) is 0 Å². The second kappa shape index (κ2) is 3.65. The van der Waals surface area contributed by atoms with Gasteiger partial charge in [-0.3, -0.25) is 0 Å². The lowest BCUT2D eigenvalue weighted by atomic mass is 10.4. The lowest BCUT2D eigenvalue weighted by Crippen LogP contribution is -2.19. The topological polar surface area (TPSA) is 69.9 Å².